The molecule has 1 atom stereocenters. The predicted octanol–water partition coefficient (Wildman–Crippen LogP) is 3.79. The Morgan fingerprint density at radius 1 is 1.28 bits per heavy atom. The van der Waals surface area contributed by atoms with Crippen LogP contribution in [0.15, 0.2) is 17.5 Å². The largest absolute Gasteiger partial charge is 0.383 e. The van der Waals surface area contributed by atoms with Gasteiger partial charge in [0.15, 0.2) is 0 Å². The normalized spacial score (nSPS) is 23.7. The third-order valence-corrected chi connectivity index (χ3v) is 7.35. The van der Waals surface area contributed by atoms with Gasteiger partial charge in [0.1, 0.15) is 11.2 Å². The fourth-order valence-electron chi connectivity index (χ4n) is 4.75. The molecule has 29 heavy (non-hydrogen) atoms. The van der Waals surface area contributed by atoms with E-state index in [0.717, 1.165) is 35.9 Å². The average molecular weight is 418 g/mol. The fraction of sp³-hybridized carbons (Fsp3) is 0.636. The summed E-state index contributed by atoms with van der Waals surface area (Å²) in [5.41, 5.74) is 0.771. The molecule has 2 amide bonds. The van der Waals surface area contributed by atoms with Gasteiger partial charge in [-0.2, -0.15) is 0 Å². The lowest BCUT2D eigenvalue weighted by Crippen LogP contribution is -2.65. The van der Waals surface area contributed by atoms with Crippen molar-refractivity contribution < 1.29 is 14.3 Å². The number of aromatic nitrogens is 1. The molecular weight excluding hydrogens is 386 g/mol. The van der Waals surface area contributed by atoms with Gasteiger partial charge in [-0.1, -0.05) is 32.1 Å². The summed E-state index contributed by atoms with van der Waals surface area (Å²) in [7, 11) is 1.62. The van der Waals surface area contributed by atoms with Gasteiger partial charge >= 0.3 is 0 Å². The molecule has 6 nitrogen and oxygen atoms in total. The molecule has 2 aromatic heterocycles. The van der Waals surface area contributed by atoms with E-state index in [2.05, 4.69) is 5.32 Å². The molecule has 1 unspecified atom stereocenters. The lowest BCUT2D eigenvalue weighted by molar-refractivity contribution is -0.134. The monoisotopic (exact) mass is 417 g/mol. The Kier molecular flexibility index (Phi) is 5.97. The van der Waals surface area contributed by atoms with Crippen LogP contribution in [0.2, 0.25) is 0 Å². The van der Waals surface area contributed by atoms with Crippen LogP contribution in [0, 0.1) is 0 Å². The van der Waals surface area contributed by atoms with E-state index in [-0.39, 0.29) is 17.9 Å². The Morgan fingerprint density at radius 3 is 2.72 bits per heavy atom. The van der Waals surface area contributed by atoms with E-state index in [4.69, 9.17) is 4.74 Å². The first-order valence-corrected chi connectivity index (χ1v) is 11.6. The molecule has 7 heteroatoms. The van der Waals surface area contributed by atoms with Crippen LogP contribution in [0.3, 0.4) is 0 Å². The number of hydrogen-bond acceptors (Lipinski definition) is 4. The zero-order valence-electron chi connectivity index (χ0n) is 17.4. The van der Waals surface area contributed by atoms with Gasteiger partial charge in [0.05, 0.1) is 23.4 Å². The van der Waals surface area contributed by atoms with Gasteiger partial charge in [0.25, 0.3) is 5.91 Å². The molecule has 1 saturated carbocycles. The predicted molar refractivity (Wildman–Crippen MR) is 115 cm³/mol. The van der Waals surface area contributed by atoms with E-state index in [9.17, 15) is 9.59 Å². The van der Waals surface area contributed by atoms with Crippen LogP contribution in [0.5, 0.6) is 0 Å². The first kappa shape index (κ1) is 20.4. The highest BCUT2D eigenvalue weighted by Gasteiger charge is 2.48. The molecule has 2 aromatic rings. The molecule has 0 aromatic carbocycles. The summed E-state index contributed by atoms with van der Waals surface area (Å²) < 4.78 is 8.36. The summed E-state index contributed by atoms with van der Waals surface area (Å²) in [6, 6.07) is 4.19. The van der Waals surface area contributed by atoms with E-state index in [1.54, 1.807) is 23.3 Å². The van der Waals surface area contributed by atoms with Gasteiger partial charge in [-0.3, -0.25) is 9.59 Å². The van der Waals surface area contributed by atoms with Gasteiger partial charge in [-0.05, 0) is 37.3 Å². The highest BCUT2D eigenvalue weighted by atomic mass is 32.1. The average Bonchev–Trinajstić information content (AvgIpc) is 3.26. The Bertz CT molecular complexity index is 881. The highest BCUT2D eigenvalue weighted by Crippen LogP contribution is 2.34. The number of nitrogens with zero attached hydrogens (tertiary/aromatic N) is 2. The molecule has 1 N–H and O–H groups in total. The Labute approximate surface area is 176 Å². The van der Waals surface area contributed by atoms with E-state index in [1.165, 1.54) is 19.3 Å². The summed E-state index contributed by atoms with van der Waals surface area (Å²) in [6.45, 7) is 3.19. The van der Waals surface area contributed by atoms with Crippen molar-refractivity contribution in [2.45, 2.75) is 70.0 Å². The van der Waals surface area contributed by atoms with Crippen LogP contribution < -0.4 is 5.32 Å². The fourth-order valence-corrected chi connectivity index (χ4v) is 5.57. The molecule has 4 rings (SSSR count). The number of thiophene rings is 1. The van der Waals surface area contributed by atoms with Gasteiger partial charge in [-0.15, -0.1) is 11.3 Å². The van der Waals surface area contributed by atoms with Crippen molar-refractivity contribution in [1.82, 2.24) is 14.8 Å². The first-order valence-electron chi connectivity index (χ1n) is 10.7. The lowest BCUT2D eigenvalue weighted by atomic mass is 9.92. The highest BCUT2D eigenvalue weighted by molar-refractivity contribution is 7.17. The maximum atomic E-state index is 13.6. The van der Waals surface area contributed by atoms with Gasteiger partial charge in [0, 0.05) is 19.7 Å². The topological polar surface area (TPSA) is 63.6 Å². The van der Waals surface area contributed by atoms with Gasteiger partial charge in [-0.25, -0.2) is 0 Å². The number of carbonyl (C=O) groups excluding carboxylic acids is 2. The molecule has 0 radical (unpaired) electrons. The standard InChI is InChI=1S/C22H31N3O3S/c1-22(21(27)23-16-8-6-4-3-5-7-9-16)15-24-17-10-13-29-19(17)14-18(24)20(26)25(22)11-12-28-2/h10,13-14,16H,3-9,11-12,15H2,1-2H3,(H,23,27). The molecule has 3 heterocycles. The van der Waals surface area contributed by atoms with Crippen molar-refractivity contribution in [2.24, 2.45) is 0 Å². The quantitative estimate of drug-likeness (QED) is 0.805. The van der Waals surface area contributed by atoms with Crippen LogP contribution in [-0.2, 0) is 16.1 Å². The number of rotatable bonds is 5. The van der Waals surface area contributed by atoms with E-state index >= 15 is 0 Å². The molecule has 1 aliphatic carbocycles. The minimum atomic E-state index is -0.932. The summed E-state index contributed by atoms with van der Waals surface area (Å²) in [4.78, 5) is 28.6. The second kappa shape index (κ2) is 8.48. The van der Waals surface area contributed by atoms with Crippen molar-refractivity contribution in [2.75, 3.05) is 20.3 Å². The number of methoxy groups -OCH3 is 1. The molecule has 1 fully saturated rings. The summed E-state index contributed by atoms with van der Waals surface area (Å²) in [6.07, 6.45) is 8.14. The molecule has 1 aliphatic heterocycles. The van der Waals surface area contributed by atoms with E-state index < -0.39 is 5.54 Å². The lowest BCUT2D eigenvalue weighted by Gasteiger charge is -2.44. The second-order valence-corrected chi connectivity index (χ2v) is 9.47. The number of fused-ring (bicyclic) bond motifs is 3. The molecule has 0 bridgehead atoms. The van der Waals surface area contributed by atoms with Gasteiger partial charge < -0.3 is 19.5 Å². The van der Waals surface area contributed by atoms with Crippen molar-refractivity contribution in [1.29, 1.82) is 0 Å². The Balaban J connectivity index is 1.63. The van der Waals surface area contributed by atoms with Gasteiger partial charge in [0.2, 0.25) is 5.91 Å². The van der Waals surface area contributed by atoms with Crippen LogP contribution in [0.4, 0.5) is 0 Å². The molecule has 2 aliphatic rings. The van der Waals surface area contributed by atoms with Crippen LogP contribution in [-0.4, -0.2) is 53.1 Å². The van der Waals surface area contributed by atoms with Crippen LogP contribution >= 0.6 is 11.3 Å². The number of carbonyl (C=O) groups is 2. The van der Waals surface area contributed by atoms with Crippen molar-refractivity contribution >= 4 is 33.4 Å². The molecule has 0 saturated heterocycles. The third kappa shape index (κ3) is 3.82. The number of amides is 2. The summed E-state index contributed by atoms with van der Waals surface area (Å²) >= 11 is 1.63. The number of nitrogens with one attached hydrogen (secondary N) is 1. The van der Waals surface area contributed by atoms with Crippen molar-refractivity contribution in [3.8, 4) is 0 Å². The zero-order valence-corrected chi connectivity index (χ0v) is 18.2. The second-order valence-electron chi connectivity index (χ2n) is 8.52. The zero-order chi connectivity index (χ0) is 20.4. The molecule has 158 valence electrons. The van der Waals surface area contributed by atoms with Crippen molar-refractivity contribution in [3.63, 3.8) is 0 Å². The van der Waals surface area contributed by atoms with E-state index in [1.807, 2.05) is 29.0 Å². The van der Waals surface area contributed by atoms with E-state index in [0.29, 0.717) is 25.4 Å². The SMILES string of the molecule is COCCN1C(=O)c2cc3sccc3n2CC1(C)C(=O)NC1CCCCCCC1. The van der Waals surface area contributed by atoms with Crippen LogP contribution in [0.25, 0.3) is 10.2 Å². The third-order valence-electron chi connectivity index (χ3n) is 6.50. The maximum Gasteiger partial charge on any atom is 0.271 e. The van der Waals surface area contributed by atoms with Crippen LogP contribution in [0.1, 0.15) is 62.4 Å². The smallest absolute Gasteiger partial charge is 0.271 e. The number of hydrogen-bond donors (Lipinski definition) is 1. The number of ether oxygens (including phenoxy) is 1. The maximum absolute atomic E-state index is 13.6. The Hall–Kier alpha value is -1.86. The minimum absolute atomic E-state index is 0.0461. The molecule has 0 spiro atoms. The minimum Gasteiger partial charge on any atom is -0.383 e. The van der Waals surface area contributed by atoms with Crippen molar-refractivity contribution in [3.05, 3.63) is 23.2 Å². The summed E-state index contributed by atoms with van der Waals surface area (Å²) in [5, 5.41) is 5.34. The first-order chi connectivity index (χ1) is 14.0. The molecular formula is C22H31N3O3S. The summed E-state index contributed by atoms with van der Waals surface area (Å²) in [5.74, 6) is -0.137. The Morgan fingerprint density at radius 2 is 2.00 bits per heavy atom.